The van der Waals surface area contributed by atoms with Crippen molar-refractivity contribution in [2.45, 2.75) is 12.1 Å². The maximum absolute atomic E-state index is 11.8. The van der Waals surface area contributed by atoms with E-state index in [1.54, 1.807) is 23.9 Å². The minimum absolute atomic E-state index is 0.0825. The molecule has 0 atom stereocenters. The molecule has 0 saturated carbocycles. The highest BCUT2D eigenvalue weighted by Crippen LogP contribution is 2.19. The van der Waals surface area contributed by atoms with Gasteiger partial charge in [-0.3, -0.25) is 4.79 Å². The van der Waals surface area contributed by atoms with Crippen LogP contribution < -0.4 is 11.1 Å². The number of aryl methyl sites for hydroxylation is 2. The lowest BCUT2D eigenvalue weighted by Crippen LogP contribution is -2.15. The molecular weight excluding hydrogens is 262 g/mol. The first-order chi connectivity index (χ1) is 9.06. The van der Waals surface area contributed by atoms with Crippen LogP contribution in [0.3, 0.4) is 0 Å². The molecule has 2 rings (SSSR count). The highest BCUT2D eigenvalue weighted by atomic mass is 32.2. The lowest BCUT2D eigenvalue weighted by molar-refractivity contribution is -0.113. The molecular formula is C12H15N5OS. The molecule has 6 nitrogen and oxygen atoms in total. The number of aromatic nitrogens is 3. The number of nitrogens with two attached hydrogens (primary N) is 1. The minimum atomic E-state index is -0.0825. The summed E-state index contributed by atoms with van der Waals surface area (Å²) < 4.78 is 1.63. The van der Waals surface area contributed by atoms with Gasteiger partial charge in [-0.15, -0.1) is 0 Å². The molecule has 0 fully saturated rings. The first-order valence-corrected chi connectivity index (χ1v) is 6.67. The standard InChI is InChI=1S/C12H15N5OS/c1-8-5-9(13)3-4-10(8)16-11(18)6-19-12-14-7-15-17(12)2/h3-5,7H,6,13H2,1-2H3,(H,16,18). The maximum Gasteiger partial charge on any atom is 0.234 e. The van der Waals surface area contributed by atoms with E-state index in [0.717, 1.165) is 11.3 Å². The van der Waals surface area contributed by atoms with Crippen molar-refractivity contribution in [2.24, 2.45) is 7.05 Å². The lowest BCUT2D eigenvalue weighted by atomic mass is 10.2. The molecule has 1 heterocycles. The number of nitrogen functional groups attached to an aromatic ring is 1. The van der Waals surface area contributed by atoms with E-state index in [-0.39, 0.29) is 11.7 Å². The Hall–Kier alpha value is -2.02. The molecule has 100 valence electrons. The van der Waals surface area contributed by atoms with Gasteiger partial charge in [0.25, 0.3) is 0 Å². The smallest absolute Gasteiger partial charge is 0.234 e. The van der Waals surface area contributed by atoms with Gasteiger partial charge in [0.15, 0.2) is 5.16 Å². The fraction of sp³-hybridized carbons (Fsp3) is 0.250. The molecule has 19 heavy (non-hydrogen) atoms. The zero-order valence-electron chi connectivity index (χ0n) is 10.8. The molecule has 2 aromatic rings. The van der Waals surface area contributed by atoms with Crippen molar-refractivity contribution in [1.29, 1.82) is 0 Å². The number of carbonyl (C=O) groups excluding carboxylic acids is 1. The first-order valence-electron chi connectivity index (χ1n) is 5.69. The highest BCUT2D eigenvalue weighted by molar-refractivity contribution is 7.99. The van der Waals surface area contributed by atoms with Gasteiger partial charge in [-0.2, -0.15) is 5.10 Å². The average Bonchev–Trinajstić information content (AvgIpc) is 2.76. The second-order valence-corrected chi connectivity index (χ2v) is 5.02. The van der Waals surface area contributed by atoms with Crippen LogP contribution in [0.15, 0.2) is 29.7 Å². The number of amides is 1. The van der Waals surface area contributed by atoms with Crippen molar-refractivity contribution in [2.75, 3.05) is 16.8 Å². The van der Waals surface area contributed by atoms with Gasteiger partial charge >= 0.3 is 0 Å². The van der Waals surface area contributed by atoms with E-state index in [2.05, 4.69) is 15.4 Å². The summed E-state index contributed by atoms with van der Waals surface area (Å²) in [5.41, 5.74) is 8.06. The van der Waals surface area contributed by atoms with Gasteiger partial charge in [0.05, 0.1) is 5.75 Å². The summed E-state index contributed by atoms with van der Waals surface area (Å²) in [5, 5.41) is 7.50. The van der Waals surface area contributed by atoms with E-state index in [1.807, 2.05) is 13.0 Å². The van der Waals surface area contributed by atoms with E-state index in [0.29, 0.717) is 10.8 Å². The predicted octanol–water partition coefficient (Wildman–Crippen LogP) is 1.44. The summed E-state index contributed by atoms with van der Waals surface area (Å²) in [4.78, 5) is 15.9. The van der Waals surface area contributed by atoms with Crippen molar-refractivity contribution < 1.29 is 4.79 Å². The fourth-order valence-corrected chi connectivity index (χ4v) is 2.25. The molecule has 1 amide bonds. The fourth-order valence-electron chi connectivity index (χ4n) is 1.56. The zero-order chi connectivity index (χ0) is 13.8. The number of nitrogens with zero attached hydrogens (tertiary/aromatic N) is 3. The SMILES string of the molecule is Cc1cc(N)ccc1NC(=O)CSc1ncnn1C. The van der Waals surface area contributed by atoms with Gasteiger partial charge in [-0.05, 0) is 30.7 Å². The lowest BCUT2D eigenvalue weighted by Gasteiger charge is -2.08. The molecule has 7 heteroatoms. The van der Waals surface area contributed by atoms with Gasteiger partial charge in [0, 0.05) is 18.4 Å². The van der Waals surface area contributed by atoms with Crippen LogP contribution in [-0.4, -0.2) is 26.4 Å². The van der Waals surface area contributed by atoms with E-state index >= 15 is 0 Å². The third-order valence-corrected chi connectivity index (χ3v) is 3.56. The van der Waals surface area contributed by atoms with E-state index < -0.39 is 0 Å². The Morgan fingerprint density at radius 2 is 2.32 bits per heavy atom. The molecule has 0 saturated heterocycles. The number of thioether (sulfide) groups is 1. The second-order valence-electron chi connectivity index (χ2n) is 4.08. The minimum Gasteiger partial charge on any atom is -0.399 e. The quantitative estimate of drug-likeness (QED) is 0.652. The predicted molar refractivity (Wildman–Crippen MR) is 75.9 cm³/mol. The summed E-state index contributed by atoms with van der Waals surface area (Å²) in [6.07, 6.45) is 1.46. The van der Waals surface area contributed by atoms with Crippen molar-refractivity contribution >= 4 is 29.0 Å². The largest absolute Gasteiger partial charge is 0.399 e. The van der Waals surface area contributed by atoms with Gasteiger partial charge < -0.3 is 11.1 Å². The van der Waals surface area contributed by atoms with Crippen molar-refractivity contribution in [1.82, 2.24) is 14.8 Å². The molecule has 1 aromatic carbocycles. The van der Waals surface area contributed by atoms with Crippen LogP contribution in [0.25, 0.3) is 0 Å². The van der Waals surface area contributed by atoms with Crippen LogP contribution in [0, 0.1) is 6.92 Å². The Kier molecular flexibility index (Phi) is 4.06. The van der Waals surface area contributed by atoms with Crippen LogP contribution in [0.4, 0.5) is 11.4 Å². The Bertz CT molecular complexity index is 596. The Labute approximate surface area is 115 Å². The van der Waals surface area contributed by atoms with E-state index in [4.69, 9.17) is 5.73 Å². The van der Waals surface area contributed by atoms with E-state index in [1.165, 1.54) is 18.1 Å². The van der Waals surface area contributed by atoms with Gasteiger partial charge in [-0.25, -0.2) is 9.67 Å². The molecule has 0 aliphatic rings. The highest BCUT2D eigenvalue weighted by Gasteiger charge is 2.08. The molecule has 0 aliphatic carbocycles. The third-order valence-electron chi connectivity index (χ3n) is 2.53. The van der Waals surface area contributed by atoms with Crippen LogP contribution in [-0.2, 0) is 11.8 Å². The summed E-state index contributed by atoms with van der Waals surface area (Å²) >= 11 is 1.34. The maximum atomic E-state index is 11.8. The number of carbonyl (C=O) groups is 1. The number of nitrogens with one attached hydrogen (secondary N) is 1. The summed E-state index contributed by atoms with van der Waals surface area (Å²) in [7, 11) is 1.79. The molecule has 3 N–H and O–H groups in total. The molecule has 1 aromatic heterocycles. The molecule has 0 radical (unpaired) electrons. The van der Waals surface area contributed by atoms with Crippen LogP contribution >= 0.6 is 11.8 Å². The zero-order valence-corrected chi connectivity index (χ0v) is 11.6. The number of rotatable bonds is 4. The monoisotopic (exact) mass is 277 g/mol. The van der Waals surface area contributed by atoms with Crippen molar-refractivity contribution in [3.05, 3.63) is 30.1 Å². The van der Waals surface area contributed by atoms with E-state index in [9.17, 15) is 4.79 Å². The summed E-state index contributed by atoms with van der Waals surface area (Å²) in [6.45, 7) is 1.90. The molecule has 0 bridgehead atoms. The number of benzene rings is 1. The first kappa shape index (κ1) is 13.4. The Morgan fingerprint density at radius 3 is 2.95 bits per heavy atom. The average molecular weight is 277 g/mol. The van der Waals surface area contributed by atoms with Crippen molar-refractivity contribution in [3.8, 4) is 0 Å². The van der Waals surface area contributed by atoms with Crippen molar-refractivity contribution in [3.63, 3.8) is 0 Å². The van der Waals surface area contributed by atoms with Gasteiger partial charge in [0.2, 0.25) is 5.91 Å². The second kappa shape index (κ2) is 5.75. The van der Waals surface area contributed by atoms with Crippen LogP contribution in [0.5, 0.6) is 0 Å². The third kappa shape index (κ3) is 3.47. The number of hydrogen-bond donors (Lipinski definition) is 2. The molecule has 0 spiro atoms. The Morgan fingerprint density at radius 1 is 1.53 bits per heavy atom. The molecule has 0 aliphatic heterocycles. The molecule has 0 unspecified atom stereocenters. The van der Waals surface area contributed by atoms with Crippen LogP contribution in [0.2, 0.25) is 0 Å². The van der Waals surface area contributed by atoms with Gasteiger partial charge in [0.1, 0.15) is 6.33 Å². The topological polar surface area (TPSA) is 85.8 Å². The normalized spacial score (nSPS) is 10.4. The number of anilines is 2. The Balaban J connectivity index is 1.93. The number of hydrogen-bond acceptors (Lipinski definition) is 5. The van der Waals surface area contributed by atoms with Gasteiger partial charge in [-0.1, -0.05) is 11.8 Å². The van der Waals surface area contributed by atoms with Crippen LogP contribution in [0.1, 0.15) is 5.56 Å². The summed E-state index contributed by atoms with van der Waals surface area (Å²) in [6, 6.07) is 5.39. The summed E-state index contributed by atoms with van der Waals surface area (Å²) in [5.74, 6) is 0.206.